The van der Waals surface area contributed by atoms with Crippen LogP contribution in [0, 0.1) is 17.6 Å². The first-order valence-corrected chi connectivity index (χ1v) is 11.3. The van der Waals surface area contributed by atoms with Crippen molar-refractivity contribution in [2.75, 3.05) is 14.1 Å². The van der Waals surface area contributed by atoms with Crippen molar-refractivity contribution < 1.29 is 13.5 Å². The molecule has 0 amide bonds. The molecule has 2 aliphatic rings. The molecule has 1 aromatic heterocycles. The van der Waals surface area contributed by atoms with Gasteiger partial charge in [0.2, 0.25) is 0 Å². The first-order valence-electron chi connectivity index (χ1n) is 11.3. The van der Waals surface area contributed by atoms with Gasteiger partial charge in [0.05, 0.1) is 11.8 Å². The van der Waals surface area contributed by atoms with E-state index in [1.54, 1.807) is 18.2 Å². The number of H-pyrrole nitrogens is 1. The summed E-state index contributed by atoms with van der Waals surface area (Å²) in [6, 6.07) is 12.2. The minimum atomic E-state index is -0.335. The van der Waals surface area contributed by atoms with E-state index >= 15 is 0 Å². The largest absolute Gasteiger partial charge is 0.365 e. The van der Waals surface area contributed by atoms with E-state index in [1.807, 2.05) is 18.2 Å². The highest BCUT2D eigenvalue weighted by Gasteiger charge is 2.46. The van der Waals surface area contributed by atoms with E-state index in [2.05, 4.69) is 30.9 Å². The molecule has 3 nitrogen and oxygen atoms in total. The van der Waals surface area contributed by atoms with Gasteiger partial charge in [0.15, 0.2) is 0 Å². The molecular weight excluding hydrogens is 394 g/mol. The second-order valence-electron chi connectivity index (χ2n) is 9.59. The molecule has 1 aliphatic heterocycles. The van der Waals surface area contributed by atoms with Gasteiger partial charge in [-0.2, -0.15) is 0 Å². The summed E-state index contributed by atoms with van der Waals surface area (Å²) in [6.45, 7) is 2.12. The number of aromatic nitrogens is 1. The number of hydrogen-bond donors (Lipinski definition) is 1. The fraction of sp³-hybridized carbons (Fsp3) is 0.462. The maximum absolute atomic E-state index is 13.9. The first-order chi connectivity index (χ1) is 14.9. The third-order valence-corrected chi connectivity index (χ3v) is 7.29. The van der Waals surface area contributed by atoms with Crippen molar-refractivity contribution in [1.29, 1.82) is 0 Å². The van der Waals surface area contributed by atoms with Crippen molar-refractivity contribution in [2.24, 2.45) is 5.92 Å². The van der Waals surface area contributed by atoms with Crippen LogP contribution in [0.3, 0.4) is 0 Å². The van der Waals surface area contributed by atoms with Crippen LogP contribution in [-0.2, 0) is 16.8 Å². The molecule has 1 saturated carbocycles. The van der Waals surface area contributed by atoms with Crippen LogP contribution >= 0.6 is 0 Å². The number of ether oxygens (including phenoxy) is 1. The first kappa shape index (κ1) is 20.7. The van der Waals surface area contributed by atoms with Crippen LogP contribution in [0.1, 0.15) is 55.5 Å². The number of aromatic amines is 1. The quantitative estimate of drug-likeness (QED) is 0.551. The minimum Gasteiger partial charge on any atom is -0.365 e. The molecule has 2 heterocycles. The van der Waals surface area contributed by atoms with Crippen molar-refractivity contribution in [1.82, 2.24) is 9.88 Å². The Morgan fingerprint density at radius 2 is 1.71 bits per heavy atom. The number of rotatable bonds is 3. The maximum Gasteiger partial charge on any atom is 0.123 e. The number of halogens is 2. The highest BCUT2D eigenvalue weighted by atomic mass is 19.1. The normalized spacial score (nSPS) is 27.0. The van der Waals surface area contributed by atoms with Crippen LogP contribution in [0.5, 0.6) is 0 Å². The molecule has 0 bridgehead atoms. The molecule has 3 aromatic rings. The van der Waals surface area contributed by atoms with Crippen molar-refractivity contribution in [2.45, 2.75) is 56.8 Å². The Labute approximate surface area is 182 Å². The van der Waals surface area contributed by atoms with Gasteiger partial charge in [0.25, 0.3) is 0 Å². The predicted molar refractivity (Wildman–Crippen MR) is 119 cm³/mol. The van der Waals surface area contributed by atoms with Gasteiger partial charge in [-0.1, -0.05) is 12.1 Å². The summed E-state index contributed by atoms with van der Waals surface area (Å²) in [7, 11) is 4.20. The van der Waals surface area contributed by atoms with Crippen LogP contribution in [0.2, 0.25) is 0 Å². The summed E-state index contributed by atoms with van der Waals surface area (Å²) in [5.41, 5.74) is 4.18. The van der Waals surface area contributed by atoms with Crippen molar-refractivity contribution in [3.63, 3.8) is 0 Å². The van der Waals surface area contributed by atoms with Gasteiger partial charge in [-0.05, 0) is 94.1 Å². The summed E-state index contributed by atoms with van der Waals surface area (Å²) in [5, 5.41) is 0.990. The lowest BCUT2D eigenvalue weighted by molar-refractivity contribution is -0.135. The Kier molecular flexibility index (Phi) is 5.14. The van der Waals surface area contributed by atoms with Crippen molar-refractivity contribution in [3.05, 3.63) is 70.9 Å². The molecule has 5 rings (SSSR count). The fourth-order valence-corrected chi connectivity index (χ4v) is 6.04. The average Bonchev–Trinajstić information content (AvgIpc) is 3.09. The number of nitrogens with one attached hydrogen (secondary N) is 1. The van der Waals surface area contributed by atoms with Gasteiger partial charge in [0, 0.05) is 23.4 Å². The average molecular weight is 425 g/mol. The summed E-state index contributed by atoms with van der Waals surface area (Å²) in [5.74, 6) is 0.0766. The van der Waals surface area contributed by atoms with E-state index < -0.39 is 0 Å². The van der Waals surface area contributed by atoms with Gasteiger partial charge in [-0.15, -0.1) is 0 Å². The molecule has 0 saturated heterocycles. The number of hydrogen-bond acceptors (Lipinski definition) is 2. The van der Waals surface area contributed by atoms with E-state index in [0.29, 0.717) is 5.92 Å². The Balaban J connectivity index is 1.45. The van der Waals surface area contributed by atoms with E-state index in [-0.39, 0.29) is 29.4 Å². The highest BCUT2D eigenvalue weighted by molar-refractivity contribution is 5.85. The Morgan fingerprint density at radius 3 is 2.39 bits per heavy atom. The van der Waals surface area contributed by atoms with E-state index in [9.17, 15) is 8.78 Å². The lowest BCUT2D eigenvalue weighted by atomic mass is 9.71. The standard InChI is InChI=1S/C26H30F2N2O/c1-16-14-22-21-15-20(28)8-9-23(21)29-25(22)26(31-16)12-10-18(11-13-26)24(30(2)3)17-4-6-19(27)7-5-17/h4-9,15-16,18,24,29H,10-14H2,1-3H3. The molecule has 5 heteroatoms. The Hall–Kier alpha value is -2.24. The molecule has 2 aromatic carbocycles. The SMILES string of the molecule is CC1Cc2c([nH]c3ccc(F)cc23)C2(CCC(C(c3ccc(F)cc3)N(C)C)CC2)O1. The third-order valence-electron chi connectivity index (χ3n) is 7.29. The van der Waals surface area contributed by atoms with Crippen LogP contribution in [-0.4, -0.2) is 30.1 Å². The maximum atomic E-state index is 13.9. The zero-order valence-electron chi connectivity index (χ0n) is 18.4. The van der Waals surface area contributed by atoms with Crippen molar-refractivity contribution >= 4 is 10.9 Å². The molecule has 1 fully saturated rings. The smallest absolute Gasteiger partial charge is 0.123 e. The lowest BCUT2D eigenvalue weighted by Gasteiger charge is -2.47. The van der Waals surface area contributed by atoms with Crippen LogP contribution in [0.15, 0.2) is 42.5 Å². The van der Waals surface area contributed by atoms with Gasteiger partial charge >= 0.3 is 0 Å². The van der Waals surface area contributed by atoms with Crippen molar-refractivity contribution in [3.8, 4) is 0 Å². The summed E-state index contributed by atoms with van der Waals surface area (Å²) < 4.78 is 34.0. The molecule has 1 spiro atoms. The number of nitrogens with zero attached hydrogens (tertiary/aromatic N) is 1. The fourth-order valence-electron chi connectivity index (χ4n) is 6.04. The monoisotopic (exact) mass is 424 g/mol. The number of fused-ring (bicyclic) bond motifs is 4. The van der Waals surface area contributed by atoms with Gasteiger partial charge in [-0.25, -0.2) is 8.78 Å². The molecule has 31 heavy (non-hydrogen) atoms. The van der Waals surface area contributed by atoms with E-state index in [0.717, 1.165) is 54.3 Å². The number of benzene rings is 2. The van der Waals surface area contributed by atoms with Gasteiger partial charge < -0.3 is 14.6 Å². The molecule has 164 valence electrons. The summed E-state index contributed by atoms with van der Waals surface area (Å²) in [4.78, 5) is 5.83. The second-order valence-corrected chi connectivity index (χ2v) is 9.59. The molecule has 1 aliphatic carbocycles. The van der Waals surface area contributed by atoms with Crippen LogP contribution in [0.4, 0.5) is 8.78 Å². The highest BCUT2D eigenvalue weighted by Crippen LogP contribution is 2.51. The molecular formula is C26H30F2N2O. The molecule has 2 atom stereocenters. The zero-order chi connectivity index (χ0) is 21.8. The van der Waals surface area contributed by atoms with Crippen LogP contribution < -0.4 is 0 Å². The second kappa shape index (κ2) is 7.72. The Bertz CT molecular complexity index is 1080. The van der Waals surface area contributed by atoms with Gasteiger partial charge in [-0.3, -0.25) is 0 Å². The molecule has 2 unspecified atom stereocenters. The van der Waals surface area contributed by atoms with Gasteiger partial charge in [0.1, 0.15) is 17.2 Å². The topological polar surface area (TPSA) is 28.3 Å². The van der Waals surface area contributed by atoms with E-state index in [4.69, 9.17) is 4.74 Å². The summed E-state index contributed by atoms with van der Waals surface area (Å²) in [6.07, 6.45) is 4.81. The molecule has 0 radical (unpaired) electrons. The summed E-state index contributed by atoms with van der Waals surface area (Å²) >= 11 is 0. The van der Waals surface area contributed by atoms with E-state index in [1.165, 1.54) is 11.6 Å². The zero-order valence-corrected chi connectivity index (χ0v) is 18.4. The molecule has 1 N–H and O–H groups in total. The third kappa shape index (κ3) is 3.58. The predicted octanol–water partition coefficient (Wildman–Crippen LogP) is 6.10. The minimum absolute atomic E-state index is 0.105. The van der Waals surface area contributed by atoms with Crippen LogP contribution in [0.25, 0.3) is 10.9 Å². The Morgan fingerprint density at radius 1 is 1.03 bits per heavy atom. The lowest BCUT2D eigenvalue weighted by Crippen LogP contribution is -2.43.